The first kappa shape index (κ1) is 17.7. The molecule has 0 aromatic heterocycles. The van der Waals surface area contributed by atoms with Gasteiger partial charge in [0.2, 0.25) is 0 Å². The van der Waals surface area contributed by atoms with E-state index in [1.165, 1.54) is 10.4 Å². The van der Waals surface area contributed by atoms with Crippen LogP contribution < -0.4 is 10.4 Å². The predicted octanol–water partition coefficient (Wildman–Crippen LogP) is 3.72. The van der Waals surface area contributed by atoms with Gasteiger partial charge in [-0.1, -0.05) is 95.8 Å². The van der Waals surface area contributed by atoms with Crippen molar-refractivity contribution in [1.82, 2.24) is 4.90 Å². The maximum absolute atomic E-state index is 13.3. The topological polar surface area (TPSA) is 20.3 Å². The molecule has 0 unspecified atom stereocenters. The van der Waals surface area contributed by atoms with Gasteiger partial charge in [0.05, 0.1) is 0 Å². The molecule has 1 aliphatic rings. The molecular formula is C24H25NOSi. The fraction of sp³-hybridized carbons (Fsp3) is 0.208. The van der Waals surface area contributed by atoms with Gasteiger partial charge in [0, 0.05) is 17.8 Å². The number of rotatable bonds is 4. The van der Waals surface area contributed by atoms with Crippen LogP contribution in [0.3, 0.4) is 0 Å². The van der Waals surface area contributed by atoms with E-state index in [4.69, 9.17) is 0 Å². The van der Waals surface area contributed by atoms with Gasteiger partial charge in [0.1, 0.15) is 8.07 Å². The number of carbonyl (C=O) groups is 1. The summed E-state index contributed by atoms with van der Waals surface area (Å²) in [6, 6.07) is 31.4. The van der Waals surface area contributed by atoms with Crippen molar-refractivity contribution in [3.63, 3.8) is 0 Å². The summed E-state index contributed by atoms with van der Waals surface area (Å²) >= 11 is 0. The number of benzene rings is 3. The summed E-state index contributed by atoms with van der Waals surface area (Å²) in [5, 5.41) is 2.79. The zero-order valence-corrected chi connectivity index (χ0v) is 16.7. The lowest BCUT2D eigenvalue weighted by atomic mass is 10.2. The lowest BCUT2D eigenvalue weighted by Gasteiger charge is -2.40. The standard InChI is InChI=1S/C24H25NOSi/c1-27(21-14-7-3-8-15-21,22-16-9-4-10-17-22)23-18-11-19-25(23)24(26)20-12-5-2-6-13-20/h2-10,12-17,23H,11,18-19H2,1H3/t23-/m0/s1. The van der Waals surface area contributed by atoms with E-state index < -0.39 is 8.07 Å². The van der Waals surface area contributed by atoms with Crippen LogP contribution in [0.4, 0.5) is 0 Å². The Balaban J connectivity index is 1.79. The third-order valence-corrected chi connectivity index (χ3v) is 10.9. The van der Waals surface area contributed by atoms with Crippen molar-refractivity contribution in [2.75, 3.05) is 6.54 Å². The Morgan fingerprint density at radius 3 is 1.81 bits per heavy atom. The molecule has 1 fully saturated rings. The second kappa shape index (κ2) is 7.53. The molecule has 3 aromatic rings. The number of carbonyl (C=O) groups excluding carboxylic acids is 1. The highest BCUT2D eigenvalue weighted by Crippen LogP contribution is 2.28. The van der Waals surface area contributed by atoms with Gasteiger partial charge in [0.15, 0.2) is 0 Å². The largest absolute Gasteiger partial charge is 0.338 e. The van der Waals surface area contributed by atoms with Gasteiger partial charge in [-0.15, -0.1) is 0 Å². The molecule has 1 saturated heterocycles. The molecule has 0 saturated carbocycles. The van der Waals surface area contributed by atoms with Crippen molar-refractivity contribution in [1.29, 1.82) is 0 Å². The van der Waals surface area contributed by atoms with Crippen molar-refractivity contribution in [3.8, 4) is 0 Å². The van der Waals surface area contributed by atoms with Crippen LogP contribution in [0.1, 0.15) is 23.2 Å². The van der Waals surface area contributed by atoms with Crippen LogP contribution in [0.15, 0.2) is 91.0 Å². The molecule has 3 heteroatoms. The highest BCUT2D eigenvalue weighted by Gasteiger charge is 2.46. The molecule has 1 heterocycles. The van der Waals surface area contributed by atoms with Crippen LogP contribution in [0.2, 0.25) is 6.55 Å². The summed E-state index contributed by atoms with van der Waals surface area (Å²) in [5.41, 5.74) is 1.07. The first-order chi connectivity index (χ1) is 13.2. The van der Waals surface area contributed by atoms with E-state index in [-0.39, 0.29) is 11.6 Å². The average Bonchev–Trinajstić information content (AvgIpc) is 3.25. The third kappa shape index (κ3) is 3.24. The smallest absolute Gasteiger partial charge is 0.253 e. The Bertz CT molecular complexity index is 856. The average molecular weight is 372 g/mol. The molecule has 2 nitrogen and oxygen atoms in total. The van der Waals surface area contributed by atoms with Crippen molar-refractivity contribution in [2.24, 2.45) is 0 Å². The molecule has 0 N–H and O–H groups in total. The van der Waals surface area contributed by atoms with E-state index in [0.29, 0.717) is 0 Å². The van der Waals surface area contributed by atoms with Gasteiger partial charge < -0.3 is 4.90 Å². The van der Waals surface area contributed by atoms with E-state index in [2.05, 4.69) is 72.1 Å². The fourth-order valence-electron chi connectivity index (χ4n) is 4.48. The SMILES string of the molecule is C[Si](c1ccccc1)(c1ccccc1)[C@H]1CCCN1C(=O)c1ccccc1. The molecule has 0 radical (unpaired) electrons. The summed E-state index contributed by atoms with van der Waals surface area (Å²) in [7, 11) is -2.12. The van der Waals surface area contributed by atoms with Gasteiger partial charge in [-0.2, -0.15) is 0 Å². The predicted molar refractivity (Wildman–Crippen MR) is 114 cm³/mol. The van der Waals surface area contributed by atoms with E-state index in [1.807, 2.05) is 30.3 Å². The molecule has 1 atom stereocenters. The lowest BCUT2D eigenvalue weighted by Crippen LogP contribution is -2.68. The van der Waals surface area contributed by atoms with E-state index in [9.17, 15) is 4.79 Å². The Labute approximate surface area is 162 Å². The molecule has 0 bridgehead atoms. The maximum atomic E-state index is 13.3. The van der Waals surface area contributed by atoms with Crippen LogP contribution >= 0.6 is 0 Å². The summed E-state index contributed by atoms with van der Waals surface area (Å²) in [5.74, 6) is 0.170. The minimum atomic E-state index is -2.12. The molecule has 3 aromatic carbocycles. The van der Waals surface area contributed by atoms with Crippen LogP contribution in [0.5, 0.6) is 0 Å². The number of nitrogens with zero attached hydrogens (tertiary/aromatic N) is 1. The second-order valence-corrected chi connectivity index (χ2v) is 11.7. The zero-order valence-electron chi connectivity index (χ0n) is 15.7. The summed E-state index contributed by atoms with van der Waals surface area (Å²) in [4.78, 5) is 15.5. The molecule has 27 heavy (non-hydrogen) atoms. The van der Waals surface area contributed by atoms with Gasteiger partial charge in [0.25, 0.3) is 5.91 Å². The molecule has 1 amide bonds. The van der Waals surface area contributed by atoms with Crippen molar-refractivity contribution in [2.45, 2.75) is 25.1 Å². The number of likely N-dealkylation sites (tertiary alicyclic amines) is 1. The number of amides is 1. The Morgan fingerprint density at radius 2 is 1.30 bits per heavy atom. The Kier molecular flexibility index (Phi) is 4.95. The maximum Gasteiger partial charge on any atom is 0.253 e. The Morgan fingerprint density at radius 1 is 0.815 bits per heavy atom. The normalized spacial score (nSPS) is 17.1. The quantitative estimate of drug-likeness (QED) is 0.640. The van der Waals surface area contributed by atoms with Gasteiger partial charge in [-0.3, -0.25) is 4.79 Å². The summed E-state index contributed by atoms with van der Waals surface area (Å²) in [6.45, 7) is 3.28. The van der Waals surface area contributed by atoms with Crippen molar-refractivity contribution in [3.05, 3.63) is 96.6 Å². The molecule has 136 valence electrons. The monoisotopic (exact) mass is 371 g/mol. The minimum Gasteiger partial charge on any atom is -0.338 e. The van der Waals surface area contributed by atoms with E-state index in [0.717, 1.165) is 24.9 Å². The van der Waals surface area contributed by atoms with Crippen LogP contribution in [-0.4, -0.2) is 31.1 Å². The van der Waals surface area contributed by atoms with Crippen LogP contribution in [0, 0.1) is 0 Å². The van der Waals surface area contributed by atoms with Gasteiger partial charge >= 0.3 is 0 Å². The second-order valence-electron chi connectivity index (χ2n) is 7.46. The number of hydrogen-bond acceptors (Lipinski definition) is 1. The fourth-order valence-corrected chi connectivity index (χ4v) is 9.00. The van der Waals surface area contributed by atoms with Gasteiger partial charge in [-0.05, 0) is 25.0 Å². The highest BCUT2D eigenvalue weighted by atomic mass is 28.3. The molecular weight excluding hydrogens is 346 g/mol. The minimum absolute atomic E-state index is 0.170. The molecule has 4 rings (SSSR count). The zero-order chi connectivity index (χ0) is 18.7. The van der Waals surface area contributed by atoms with Crippen LogP contribution in [0.25, 0.3) is 0 Å². The summed E-state index contributed by atoms with van der Waals surface area (Å²) < 4.78 is 0. The van der Waals surface area contributed by atoms with Crippen molar-refractivity contribution >= 4 is 24.4 Å². The van der Waals surface area contributed by atoms with E-state index >= 15 is 0 Å². The van der Waals surface area contributed by atoms with Crippen molar-refractivity contribution < 1.29 is 4.79 Å². The first-order valence-corrected chi connectivity index (χ1v) is 12.3. The highest BCUT2D eigenvalue weighted by molar-refractivity contribution is 7.02. The van der Waals surface area contributed by atoms with E-state index in [1.54, 1.807) is 0 Å². The lowest BCUT2D eigenvalue weighted by molar-refractivity contribution is 0.0772. The van der Waals surface area contributed by atoms with Crippen LogP contribution in [-0.2, 0) is 0 Å². The molecule has 0 aliphatic carbocycles. The first-order valence-electron chi connectivity index (χ1n) is 9.68. The number of hydrogen-bond donors (Lipinski definition) is 0. The summed E-state index contributed by atoms with van der Waals surface area (Å²) in [6.07, 6.45) is 2.15. The molecule has 0 spiro atoms. The Hall–Kier alpha value is -2.65. The molecule has 1 aliphatic heterocycles. The third-order valence-electron chi connectivity index (χ3n) is 5.95. The van der Waals surface area contributed by atoms with Gasteiger partial charge in [-0.25, -0.2) is 0 Å².